The third kappa shape index (κ3) is 5.83. The van der Waals surface area contributed by atoms with Gasteiger partial charge in [-0.2, -0.15) is 5.10 Å². The number of urea groups is 1. The number of nitrogens with zero attached hydrogens (tertiary/aromatic N) is 4. The topological polar surface area (TPSA) is 111 Å². The molecule has 2 N–H and O–H groups in total. The van der Waals surface area contributed by atoms with Crippen LogP contribution in [0.25, 0.3) is 0 Å². The standard InChI is InChI=1S/C22H30N6O4/c1-16(28-15-23-14-24-28)21(29)25-17-6-8-18(9-7-17)26-22(30)27(12-19-4-2-10-31-19)13-20-5-3-11-32-20/h6-9,14-16,19-20H,2-5,10-13H2,1H3,(H,25,29)(H,26,30)/t16-,19-,20+/m1/s1. The van der Waals surface area contributed by atoms with Crippen LogP contribution < -0.4 is 10.6 Å². The Kier molecular flexibility index (Phi) is 7.33. The molecule has 0 bridgehead atoms. The summed E-state index contributed by atoms with van der Waals surface area (Å²) in [6.45, 7) is 4.36. The molecular formula is C22H30N6O4. The fourth-order valence-electron chi connectivity index (χ4n) is 3.93. The molecule has 10 nitrogen and oxygen atoms in total. The number of carbonyl (C=O) groups excluding carboxylic acids is 2. The summed E-state index contributed by atoms with van der Waals surface area (Å²) in [6.07, 6.45) is 7.04. The van der Waals surface area contributed by atoms with E-state index in [4.69, 9.17) is 9.47 Å². The number of rotatable bonds is 8. The molecule has 3 heterocycles. The smallest absolute Gasteiger partial charge is 0.322 e. The zero-order chi connectivity index (χ0) is 22.3. The zero-order valence-electron chi connectivity index (χ0n) is 18.3. The van der Waals surface area contributed by atoms with E-state index in [0.717, 1.165) is 38.9 Å². The number of aromatic nitrogens is 3. The highest BCUT2D eigenvalue weighted by molar-refractivity contribution is 5.94. The predicted molar refractivity (Wildman–Crippen MR) is 118 cm³/mol. The van der Waals surface area contributed by atoms with Crippen molar-refractivity contribution < 1.29 is 19.1 Å². The Hall–Kier alpha value is -2.98. The van der Waals surface area contributed by atoms with Gasteiger partial charge in [0.2, 0.25) is 5.91 Å². The summed E-state index contributed by atoms with van der Waals surface area (Å²) in [4.78, 5) is 31.0. The minimum absolute atomic E-state index is 0.0757. The van der Waals surface area contributed by atoms with Gasteiger partial charge in [-0.05, 0) is 56.9 Å². The van der Waals surface area contributed by atoms with E-state index < -0.39 is 6.04 Å². The second kappa shape index (κ2) is 10.6. The predicted octanol–water partition coefficient (Wildman–Crippen LogP) is 2.67. The first-order chi connectivity index (χ1) is 15.6. The summed E-state index contributed by atoms with van der Waals surface area (Å²) in [5, 5.41) is 9.79. The van der Waals surface area contributed by atoms with Gasteiger partial charge in [0.1, 0.15) is 18.7 Å². The van der Waals surface area contributed by atoms with Gasteiger partial charge < -0.3 is 25.0 Å². The van der Waals surface area contributed by atoms with E-state index in [-0.39, 0.29) is 24.1 Å². The zero-order valence-corrected chi connectivity index (χ0v) is 18.3. The van der Waals surface area contributed by atoms with Crippen molar-refractivity contribution >= 4 is 23.3 Å². The van der Waals surface area contributed by atoms with Crippen LogP contribution in [0, 0.1) is 0 Å². The summed E-state index contributed by atoms with van der Waals surface area (Å²) in [5.74, 6) is -0.202. The van der Waals surface area contributed by atoms with Crippen molar-refractivity contribution in [1.82, 2.24) is 19.7 Å². The quantitative estimate of drug-likeness (QED) is 0.650. The number of amides is 3. The van der Waals surface area contributed by atoms with Crippen LogP contribution >= 0.6 is 0 Å². The van der Waals surface area contributed by atoms with Gasteiger partial charge in [-0.15, -0.1) is 0 Å². The molecule has 3 amide bonds. The largest absolute Gasteiger partial charge is 0.376 e. The normalized spacial score (nSPS) is 21.3. The lowest BCUT2D eigenvalue weighted by molar-refractivity contribution is -0.119. The maximum atomic E-state index is 13.0. The summed E-state index contributed by atoms with van der Waals surface area (Å²) < 4.78 is 13.0. The first-order valence-electron chi connectivity index (χ1n) is 11.1. The van der Waals surface area contributed by atoms with Crippen molar-refractivity contribution in [3.8, 4) is 0 Å². The van der Waals surface area contributed by atoms with Gasteiger partial charge in [0.05, 0.1) is 12.2 Å². The molecule has 2 aromatic rings. The number of nitrogens with one attached hydrogen (secondary N) is 2. The number of hydrogen-bond acceptors (Lipinski definition) is 6. The summed E-state index contributed by atoms with van der Waals surface area (Å²) >= 11 is 0. The second-order valence-corrected chi connectivity index (χ2v) is 8.22. The average Bonchev–Trinajstić information content (AvgIpc) is 3.57. The van der Waals surface area contributed by atoms with Crippen molar-refractivity contribution in [3.05, 3.63) is 36.9 Å². The first-order valence-corrected chi connectivity index (χ1v) is 11.1. The highest BCUT2D eigenvalue weighted by Crippen LogP contribution is 2.20. The fourth-order valence-corrected chi connectivity index (χ4v) is 3.93. The Morgan fingerprint density at radius 2 is 1.66 bits per heavy atom. The van der Waals surface area contributed by atoms with Crippen molar-refractivity contribution in [2.24, 2.45) is 0 Å². The lowest BCUT2D eigenvalue weighted by Crippen LogP contribution is -2.44. The third-order valence-corrected chi connectivity index (χ3v) is 5.80. The Labute approximate surface area is 187 Å². The monoisotopic (exact) mass is 442 g/mol. The molecule has 2 aliphatic rings. The van der Waals surface area contributed by atoms with Crippen molar-refractivity contribution in [2.75, 3.05) is 36.9 Å². The lowest BCUT2D eigenvalue weighted by atomic mass is 10.2. The summed E-state index contributed by atoms with van der Waals surface area (Å²) in [5.41, 5.74) is 1.29. The Bertz CT molecular complexity index is 858. The molecule has 1 aromatic carbocycles. The molecule has 3 atom stereocenters. The van der Waals surface area contributed by atoms with Crippen molar-refractivity contribution in [3.63, 3.8) is 0 Å². The van der Waals surface area contributed by atoms with Crippen LogP contribution in [0.1, 0.15) is 38.6 Å². The van der Waals surface area contributed by atoms with Gasteiger partial charge in [-0.1, -0.05) is 0 Å². The Morgan fingerprint density at radius 1 is 1.06 bits per heavy atom. The Balaban J connectivity index is 1.33. The van der Waals surface area contributed by atoms with E-state index in [9.17, 15) is 9.59 Å². The van der Waals surface area contributed by atoms with E-state index in [2.05, 4.69) is 20.7 Å². The molecule has 0 spiro atoms. The molecule has 2 fully saturated rings. The van der Waals surface area contributed by atoms with E-state index in [1.807, 2.05) is 0 Å². The van der Waals surface area contributed by atoms with Gasteiger partial charge in [-0.25, -0.2) is 14.5 Å². The molecule has 0 aliphatic carbocycles. The number of ether oxygens (including phenoxy) is 2. The van der Waals surface area contributed by atoms with Crippen LogP contribution in [0.3, 0.4) is 0 Å². The summed E-state index contributed by atoms with van der Waals surface area (Å²) in [7, 11) is 0. The molecule has 0 radical (unpaired) electrons. The van der Waals surface area contributed by atoms with E-state index in [1.54, 1.807) is 36.1 Å². The number of anilines is 2. The van der Waals surface area contributed by atoms with Crippen LogP contribution in [0.5, 0.6) is 0 Å². The molecule has 4 rings (SSSR count). The van der Waals surface area contributed by atoms with Crippen LogP contribution in [0.4, 0.5) is 16.2 Å². The minimum Gasteiger partial charge on any atom is -0.376 e. The van der Waals surface area contributed by atoms with Gasteiger partial charge in [0.25, 0.3) is 0 Å². The van der Waals surface area contributed by atoms with Gasteiger partial charge in [0.15, 0.2) is 0 Å². The first kappa shape index (κ1) is 22.2. The highest BCUT2D eigenvalue weighted by atomic mass is 16.5. The van der Waals surface area contributed by atoms with Gasteiger partial charge >= 0.3 is 6.03 Å². The molecule has 2 saturated heterocycles. The third-order valence-electron chi connectivity index (χ3n) is 5.80. The minimum atomic E-state index is -0.485. The Morgan fingerprint density at radius 3 is 2.16 bits per heavy atom. The molecule has 1 aromatic heterocycles. The molecule has 172 valence electrons. The fraction of sp³-hybridized carbons (Fsp3) is 0.545. The van der Waals surface area contributed by atoms with E-state index >= 15 is 0 Å². The molecule has 10 heteroatoms. The maximum absolute atomic E-state index is 13.0. The van der Waals surface area contributed by atoms with E-state index in [1.165, 1.54) is 17.3 Å². The van der Waals surface area contributed by atoms with Gasteiger partial charge in [-0.3, -0.25) is 4.79 Å². The molecule has 2 aliphatic heterocycles. The molecule has 0 unspecified atom stereocenters. The summed E-state index contributed by atoms with van der Waals surface area (Å²) in [6, 6.07) is 6.39. The van der Waals surface area contributed by atoms with Crippen LogP contribution in [-0.2, 0) is 14.3 Å². The lowest BCUT2D eigenvalue weighted by Gasteiger charge is -2.28. The van der Waals surface area contributed by atoms with Crippen molar-refractivity contribution in [1.29, 1.82) is 0 Å². The number of carbonyl (C=O) groups is 2. The molecule has 0 saturated carbocycles. The molecular weight excluding hydrogens is 412 g/mol. The van der Waals surface area contributed by atoms with E-state index in [0.29, 0.717) is 24.5 Å². The average molecular weight is 443 g/mol. The second-order valence-electron chi connectivity index (χ2n) is 8.22. The molecule has 32 heavy (non-hydrogen) atoms. The number of benzene rings is 1. The van der Waals surface area contributed by atoms with Gasteiger partial charge in [0, 0.05) is 37.7 Å². The maximum Gasteiger partial charge on any atom is 0.322 e. The SMILES string of the molecule is C[C@H](C(=O)Nc1ccc(NC(=O)N(C[C@H]2CCCO2)C[C@@H]2CCCO2)cc1)n1cncn1. The highest BCUT2D eigenvalue weighted by Gasteiger charge is 2.27. The number of hydrogen-bond donors (Lipinski definition) is 2. The van der Waals surface area contributed by atoms with Crippen molar-refractivity contribution in [2.45, 2.75) is 50.9 Å². The van der Waals surface area contributed by atoms with Crippen LogP contribution in [-0.4, -0.2) is 70.1 Å². The van der Waals surface area contributed by atoms with Crippen LogP contribution in [0.15, 0.2) is 36.9 Å². The van der Waals surface area contributed by atoms with Crippen LogP contribution in [0.2, 0.25) is 0 Å².